The van der Waals surface area contributed by atoms with Gasteiger partial charge in [0.1, 0.15) is 11.2 Å². The molecule has 31 heavy (non-hydrogen) atoms. The Labute approximate surface area is 176 Å². The predicted octanol–water partition coefficient (Wildman–Crippen LogP) is 1.21. The second kappa shape index (κ2) is 6.88. The van der Waals surface area contributed by atoms with Crippen LogP contribution in [0.1, 0.15) is 41.6 Å². The first-order valence-electron chi connectivity index (χ1n) is 9.87. The SMILES string of the molecule is O=C1OC2(CCC(O)(C(=O)Nc3cnn(-c4ccccc4)n3)CC2)c2c[n+]([O-])ccc21. The molecule has 2 aromatic heterocycles. The van der Waals surface area contributed by atoms with Gasteiger partial charge < -0.3 is 20.4 Å². The minimum atomic E-state index is -1.65. The summed E-state index contributed by atoms with van der Waals surface area (Å²) in [6.07, 6.45) is 4.53. The van der Waals surface area contributed by atoms with Crippen LogP contribution < -0.4 is 10.0 Å². The van der Waals surface area contributed by atoms with Gasteiger partial charge in [-0.15, -0.1) is 9.90 Å². The van der Waals surface area contributed by atoms with E-state index < -0.39 is 23.1 Å². The Morgan fingerprint density at radius 2 is 1.94 bits per heavy atom. The lowest BCUT2D eigenvalue weighted by Crippen LogP contribution is -2.49. The molecule has 0 saturated heterocycles. The summed E-state index contributed by atoms with van der Waals surface area (Å²) in [5.74, 6) is -0.880. The molecule has 3 aromatic rings. The molecular formula is C21H19N5O5. The zero-order chi connectivity index (χ0) is 21.6. The predicted molar refractivity (Wildman–Crippen MR) is 106 cm³/mol. The first kappa shape index (κ1) is 19.2. The second-order valence-corrected chi connectivity index (χ2v) is 7.86. The molecule has 0 unspecified atom stereocenters. The van der Waals surface area contributed by atoms with Crippen LogP contribution in [-0.4, -0.2) is 37.6 Å². The summed E-state index contributed by atoms with van der Waals surface area (Å²) in [6.45, 7) is 0. The Morgan fingerprint density at radius 1 is 1.19 bits per heavy atom. The normalized spacial score (nSPS) is 24.6. The van der Waals surface area contributed by atoms with Crippen molar-refractivity contribution in [3.63, 3.8) is 0 Å². The van der Waals surface area contributed by atoms with Crippen LogP contribution >= 0.6 is 0 Å². The second-order valence-electron chi connectivity index (χ2n) is 7.86. The molecule has 1 aromatic carbocycles. The molecule has 1 aliphatic carbocycles. The Kier molecular flexibility index (Phi) is 4.26. The van der Waals surface area contributed by atoms with Gasteiger partial charge in [-0.2, -0.15) is 9.83 Å². The number of fused-ring (bicyclic) bond motifs is 2. The van der Waals surface area contributed by atoms with E-state index in [0.717, 1.165) is 5.69 Å². The molecule has 1 amide bonds. The van der Waals surface area contributed by atoms with Crippen molar-refractivity contribution in [3.05, 3.63) is 71.3 Å². The largest absolute Gasteiger partial charge is 0.619 e. The Morgan fingerprint density at radius 3 is 2.68 bits per heavy atom. The van der Waals surface area contributed by atoms with Gasteiger partial charge in [0.15, 0.2) is 18.2 Å². The van der Waals surface area contributed by atoms with Gasteiger partial charge in [0.05, 0.1) is 23.0 Å². The van der Waals surface area contributed by atoms with Gasteiger partial charge in [-0.25, -0.2) is 4.79 Å². The maximum Gasteiger partial charge on any atom is 0.339 e. The van der Waals surface area contributed by atoms with E-state index in [1.165, 1.54) is 29.5 Å². The van der Waals surface area contributed by atoms with Gasteiger partial charge in [-0.3, -0.25) is 4.79 Å². The molecule has 10 nitrogen and oxygen atoms in total. The first-order valence-corrected chi connectivity index (χ1v) is 9.87. The Balaban J connectivity index is 1.30. The zero-order valence-corrected chi connectivity index (χ0v) is 16.4. The van der Waals surface area contributed by atoms with Gasteiger partial charge in [-0.1, -0.05) is 18.2 Å². The molecule has 3 heterocycles. The van der Waals surface area contributed by atoms with E-state index in [2.05, 4.69) is 15.5 Å². The van der Waals surface area contributed by atoms with Crippen molar-refractivity contribution in [1.29, 1.82) is 0 Å². The maximum absolute atomic E-state index is 12.8. The number of carbonyl (C=O) groups is 2. The number of carbonyl (C=O) groups excluding carboxylic acids is 2. The van der Waals surface area contributed by atoms with Gasteiger partial charge in [0.2, 0.25) is 0 Å². The molecule has 0 bridgehead atoms. The lowest BCUT2D eigenvalue weighted by atomic mass is 9.73. The standard InChI is InChI=1S/C21H19N5O5/c27-18-15-6-11-25(30)13-16(15)21(31-18)9-7-20(29,8-10-21)19(28)23-17-12-22-26(24-17)14-4-2-1-3-5-14/h1-6,11-13,29H,7-10H2,(H,23,24,28). The highest BCUT2D eigenvalue weighted by atomic mass is 16.6. The van der Waals surface area contributed by atoms with Crippen molar-refractivity contribution in [2.24, 2.45) is 0 Å². The number of anilines is 1. The summed E-state index contributed by atoms with van der Waals surface area (Å²) in [6, 6.07) is 10.7. The van der Waals surface area contributed by atoms with Crippen molar-refractivity contribution < 1.29 is 24.2 Å². The molecule has 5 rings (SSSR count). The van der Waals surface area contributed by atoms with Crippen LogP contribution in [0.3, 0.4) is 0 Å². The molecule has 1 saturated carbocycles. The molecule has 158 valence electrons. The van der Waals surface area contributed by atoms with Crippen molar-refractivity contribution in [1.82, 2.24) is 15.0 Å². The number of nitrogens with one attached hydrogen (secondary N) is 1. The van der Waals surface area contributed by atoms with Crippen LogP contribution in [0.25, 0.3) is 5.69 Å². The van der Waals surface area contributed by atoms with Crippen molar-refractivity contribution in [2.45, 2.75) is 36.9 Å². The van der Waals surface area contributed by atoms with E-state index in [1.54, 1.807) is 0 Å². The number of para-hydroxylation sites is 1. The molecule has 0 radical (unpaired) electrons. The van der Waals surface area contributed by atoms with E-state index >= 15 is 0 Å². The van der Waals surface area contributed by atoms with Crippen LogP contribution in [0.5, 0.6) is 0 Å². The topological polar surface area (TPSA) is 133 Å². The van der Waals surface area contributed by atoms with E-state index in [1.807, 2.05) is 30.3 Å². The minimum absolute atomic E-state index is 0.0616. The molecule has 2 aliphatic rings. The van der Waals surface area contributed by atoms with E-state index in [0.29, 0.717) is 15.9 Å². The molecule has 0 atom stereocenters. The first-order chi connectivity index (χ1) is 14.9. The highest BCUT2D eigenvalue weighted by Crippen LogP contribution is 2.48. The smallest absolute Gasteiger partial charge is 0.339 e. The number of rotatable bonds is 3. The Bertz CT molecular complexity index is 1170. The monoisotopic (exact) mass is 421 g/mol. The van der Waals surface area contributed by atoms with Crippen molar-refractivity contribution in [3.8, 4) is 5.69 Å². The summed E-state index contributed by atoms with van der Waals surface area (Å²) >= 11 is 0. The fourth-order valence-corrected chi connectivity index (χ4v) is 4.21. The lowest BCUT2D eigenvalue weighted by Gasteiger charge is -2.39. The van der Waals surface area contributed by atoms with E-state index in [9.17, 15) is 19.9 Å². The summed E-state index contributed by atoms with van der Waals surface area (Å²) in [5, 5.41) is 33.7. The number of nitrogens with zero attached hydrogens (tertiary/aromatic N) is 4. The van der Waals surface area contributed by atoms with Gasteiger partial charge in [0, 0.05) is 6.07 Å². The van der Waals surface area contributed by atoms with Crippen LogP contribution in [-0.2, 0) is 15.1 Å². The highest BCUT2D eigenvalue weighted by Gasteiger charge is 2.54. The molecular weight excluding hydrogens is 402 g/mol. The fraction of sp³-hybridized carbons (Fsp3) is 0.286. The van der Waals surface area contributed by atoms with Crippen LogP contribution in [0.4, 0.5) is 5.82 Å². The number of amides is 1. The third-order valence-corrected chi connectivity index (χ3v) is 5.96. The van der Waals surface area contributed by atoms with Gasteiger partial charge in [0.25, 0.3) is 5.91 Å². The lowest BCUT2D eigenvalue weighted by molar-refractivity contribution is -0.606. The molecule has 1 fully saturated rings. The van der Waals surface area contributed by atoms with E-state index in [4.69, 9.17) is 4.74 Å². The number of aliphatic hydroxyl groups is 1. The number of aromatic nitrogens is 4. The van der Waals surface area contributed by atoms with Crippen LogP contribution in [0.2, 0.25) is 0 Å². The third kappa shape index (κ3) is 3.21. The molecule has 2 N–H and O–H groups in total. The summed E-state index contributed by atoms with van der Waals surface area (Å²) in [7, 11) is 0. The summed E-state index contributed by atoms with van der Waals surface area (Å²) in [5.41, 5.74) is -1.07. The number of benzene rings is 1. The number of esters is 1. The quantitative estimate of drug-likeness (QED) is 0.369. The number of hydrogen-bond donors (Lipinski definition) is 2. The number of ether oxygens (including phenoxy) is 1. The van der Waals surface area contributed by atoms with Gasteiger partial charge in [-0.05, 0) is 37.8 Å². The van der Waals surface area contributed by atoms with Crippen molar-refractivity contribution in [2.75, 3.05) is 5.32 Å². The zero-order valence-electron chi connectivity index (χ0n) is 16.4. The summed E-state index contributed by atoms with van der Waals surface area (Å²) < 4.78 is 6.22. The van der Waals surface area contributed by atoms with Crippen LogP contribution in [0.15, 0.2) is 55.0 Å². The Hall–Kier alpha value is -3.79. The van der Waals surface area contributed by atoms with Crippen LogP contribution in [0, 0.1) is 5.21 Å². The minimum Gasteiger partial charge on any atom is -0.619 e. The maximum atomic E-state index is 12.8. The summed E-state index contributed by atoms with van der Waals surface area (Å²) in [4.78, 5) is 26.4. The van der Waals surface area contributed by atoms with Gasteiger partial charge >= 0.3 is 5.97 Å². The fourth-order valence-electron chi connectivity index (χ4n) is 4.21. The average molecular weight is 421 g/mol. The van der Waals surface area contributed by atoms with E-state index in [-0.39, 0.29) is 31.5 Å². The molecule has 10 heteroatoms. The highest BCUT2D eigenvalue weighted by molar-refractivity contribution is 5.97. The molecule has 1 aliphatic heterocycles. The average Bonchev–Trinajstić information content (AvgIpc) is 3.34. The van der Waals surface area contributed by atoms with Crippen molar-refractivity contribution >= 4 is 17.7 Å². The number of pyridine rings is 1. The number of hydrogen-bond acceptors (Lipinski definition) is 7. The third-order valence-electron chi connectivity index (χ3n) is 5.96. The molecule has 1 spiro atoms.